The van der Waals surface area contributed by atoms with Crippen molar-refractivity contribution < 1.29 is 22.7 Å². The van der Waals surface area contributed by atoms with Gasteiger partial charge in [0.1, 0.15) is 12.4 Å². The summed E-state index contributed by atoms with van der Waals surface area (Å²) in [5, 5.41) is 3.44. The number of aryl methyl sites for hydroxylation is 1. The molecule has 0 aliphatic carbocycles. The summed E-state index contributed by atoms with van der Waals surface area (Å²) < 4.78 is 39.9. The predicted molar refractivity (Wildman–Crippen MR) is 128 cm³/mol. The molecule has 0 spiro atoms. The minimum absolute atomic E-state index is 0.0598. The van der Waals surface area contributed by atoms with Gasteiger partial charge in [-0.1, -0.05) is 19.1 Å². The zero-order chi connectivity index (χ0) is 24.2. The molecule has 2 aromatic carbocycles. The van der Waals surface area contributed by atoms with Crippen LogP contribution in [0.3, 0.4) is 0 Å². The van der Waals surface area contributed by atoms with E-state index >= 15 is 0 Å². The molecule has 8 nitrogen and oxygen atoms in total. The van der Waals surface area contributed by atoms with Gasteiger partial charge in [0.2, 0.25) is 0 Å². The molecule has 1 aliphatic rings. The molecule has 33 heavy (non-hydrogen) atoms. The molecule has 0 bridgehead atoms. The highest BCUT2D eigenvalue weighted by molar-refractivity contribution is 7.92. The van der Waals surface area contributed by atoms with Gasteiger partial charge in [0.15, 0.2) is 0 Å². The molecular formula is C24H33N3O5S. The van der Waals surface area contributed by atoms with Crippen LogP contribution in [0.15, 0.2) is 47.4 Å². The second-order valence-corrected chi connectivity index (χ2v) is 10.4. The number of nitrogens with zero attached hydrogens (tertiary/aromatic N) is 1. The van der Waals surface area contributed by atoms with Crippen LogP contribution in [0.5, 0.6) is 5.75 Å². The first-order chi connectivity index (χ1) is 15.6. The lowest BCUT2D eigenvalue weighted by Gasteiger charge is -2.30. The van der Waals surface area contributed by atoms with Crippen molar-refractivity contribution in [3.63, 3.8) is 0 Å². The predicted octanol–water partition coefficient (Wildman–Crippen LogP) is 2.89. The lowest BCUT2D eigenvalue weighted by Crippen LogP contribution is -2.44. The highest BCUT2D eigenvalue weighted by Gasteiger charge is 2.26. The zero-order valence-corrected chi connectivity index (χ0v) is 20.6. The summed E-state index contributed by atoms with van der Waals surface area (Å²) in [6, 6.07) is 11.5. The van der Waals surface area contributed by atoms with E-state index < -0.39 is 10.0 Å². The molecule has 0 aromatic heterocycles. The van der Waals surface area contributed by atoms with Gasteiger partial charge in [0, 0.05) is 39.0 Å². The fourth-order valence-corrected chi connectivity index (χ4v) is 4.87. The van der Waals surface area contributed by atoms with Crippen LogP contribution in [0.25, 0.3) is 0 Å². The van der Waals surface area contributed by atoms with Gasteiger partial charge in [-0.3, -0.25) is 9.52 Å². The van der Waals surface area contributed by atoms with E-state index in [1.165, 1.54) is 12.1 Å². The molecule has 2 N–H and O–H groups in total. The summed E-state index contributed by atoms with van der Waals surface area (Å²) >= 11 is 0. The molecule has 0 radical (unpaired) electrons. The van der Waals surface area contributed by atoms with Crippen molar-refractivity contribution >= 4 is 21.6 Å². The number of ether oxygens (including phenoxy) is 2. The Kier molecular flexibility index (Phi) is 7.99. The third kappa shape index (κ3) is 6.25. The van der Waals surface area contributed by atoms with Crippen molar-refractivity contribution in [1.82, 2.24) is 10.2 Å². The van der Waals surface area contributed by atoms with E-state index in [-0.39, 0.29) is 40.1 Å². The number of nitrogens with one attached hydrogen (secondary N) is 2. The van der Waals surface area contributed by atoms with Gasteiger partial charge in [-0.2, -0.15) is 0 Å². The molecule has 1 heterocycles. The molecule has 1 aliphatic heterocycles. The maximum Gasteiger partial charge on any atom is 0.261 e. The van der Waals surface area contributed by atoms with E-state index in [0.717, 1.165) is 12.1 Å². The van der Waals surface area contributed by atoms with Crippen molar-refractivity contribution in [3.8, 4) is 5.75 Å². The zero-order valence-electron chi connectivity index (χ0n) is 19.8. The fourth-order valence-electron chi connectivity index (χ4n) is 3.72. The first-order valence-corrected chi connectivity index (χ1v) is 12.5. The highest BCUT2D eigenvalue weighted by atomic mass is 32.2. The monoisotopic (exact) mass is 475 g/mol. The molecule has 3 rings (SSSR count). The van der Waals surface area contributed by atoms with Gasteiger partial charge in [-0.15, -0.1) is 0 Å². The third-order valence-electron chi connectivity index (χ3n) is 5.78. The minimum Gasteiger partial charge on any atom is -0.491 e. The Morgan fingerprint density at radius 3 is 2.64 bits per heavy atom. The SMILES string of the molecule is CO[C@@H]1CN(C)C(=O)c2cc(NS(=O)(=O)c3cccc(C)c3)ccc2OC[C@@H](C)NC[C@@H]1C. The number of methoxy groups -OCH3 is 1. The molecule has 180 valence electrons. The van der Waals surface area contributed by atoms with E-state index in [1.54, 1.807) is 43.3 Å². The van der Waals surface area contributed by atoms with Crippen LogP contribution in [0.2, 0.25) is 0 Å². The highest BCUT2D eigenvalue weighted by Crippen LogP contribution is 2.27. The summed E-state index contributed by atoms with van der Waals surface area (Å²) in [6.07, 6.45) is -0.148. The van der Waals surface area contributed by atoms with Crippen LogP contribution in [0.1, 0.15) is 29.8 Å². The topological polar surface area (TPSA) is 97.0 Å². The van der Waals surface area contributed by atoms with Crippen LogP contribution in [0, 0.1) is 12.8 Å². The first-order valence-electron chi connectivity index (χ1n) is 11.0. The molecule has 0 fully saturated rings. The number of hydrogen-bond acceptors (Lipinski definition) is 6. The minimum atomic E-state index is -3.81. The van der Waals surface area contributed by atoms with Crippen LogP contribution in [-0.4, -0.2) is 65.2 Å². The van der Waals surface area contributed by atoms with Gasteiger partial charge in [0.05, 0.1) is 16.6 Å². The number of carbonyl (C=O) groups is 1. The average Bonchev–Trinajstić information content (AvgIpc) is 2.78. The number of amides is 1. The van der Waals surface area contributed by atoms with Crippen molar-refractivity contribution in [2.75, 3.05) is 38.6 Å². The molecule has 3 atom stereocenters. The van der Waals surface area contributed by atoms with Crippen LogP contribution in [0.4, 0.5) is 5.69 Å². The number of rotatable bonds is 4. The van der Waals surface area contributed by atoms with Gasteiger partial charge >= 0.3 is 0 Å². The number of fused-ring (bicyclic) bond motifs is 1. The Morgan fingerprint density at radius 2 is 1.94 bits per heavy atom. The van der Waals surface area contributed by atoms with Crippen molar-refractivity contribution in [1.29, 1.82) is 0 Å². The number of hydrogen-bond donors (Lipinski definition) is 2. The Morgan fingerprint density at radius 1 is 1.18 bits per heavy atom. The van der Waals surface area contributed by atoms with Crippen LogP contribution >= 0.6 is 0 Å². The third-order valence-corrected chi connectivity index (χ3v) is 7.16. The number of carbonyl (C=O) groups excluding carboxylic acids is 1. The summed E-state index contributed by atoms with van der Waals surface area (Å²) in [4.78, 5) is 15.1. The van der Waals surface area contributed by atoms with Crippen molar-refractivity contribution in [2.45, 2.75) is 37.8 Å². The molecule has 0 saturated heterocycles. The van der Waals surface area contributed by atoms with Gasteiger partial charge in [-0.05, 0) is 55.7 Å². The fraction of sp³-hybridized carbons (Fsp3) is 0.458. The summed E-state index contributed by atoms with van der Waals surface area (Å²) in [7, 11) is -0.460. The largest absolute Gasteiger partial charge is 0.491 e. The van der Waals surface area contributed by atoms with Crippen LogP contribution in [-0.2, 0) is 14.8 Å². The lowest BCUT2D eigenvalue weighted by atomic mass is 10.0. The number of sulfonamides is 1. The quantitative estimate of drug-likeness (QED) is 0.706. The lowest BCUT2D eigenvalue weighted by molar-refractivity contribution is 0.0281. The smallest absolute Gasteiger partial charge is 0.261 e. The molecule has 9 heteroatoms. The summed E-state index contributed by atoms with van der Waals surface area (Å²) in [5.74, 6) is 0.317. The summed E-state index contributed by atoms with van der Waals surface area (Å²) in [5.41, 5.74) is 1.41. The number of likely N-dealkylation sites (N-methyl/N-ethyl adjacent to an activating group) is 1. The van der Waals surface area contributed by atoms with E-state index in [1.807, 2.05) is 19.9 Å². The second-order valence-electron chi connectivity index (χ2n) is 8.69. The van der Waals surface area contributed by atoms with E-state index in [9.17, 15) is 13.2 Å². The normalized spacial score (nSPS) is 22.5. The molecular weight excluding hydrogens is 442 g/mol. The second kappa shape index (κ2) is 10.5. The van der Waals surface area contributed by atoms with E-state index in [0.29, 0.717) is 18.9 Å². The van der Waals surface area contributed by atoms with E-state index in [4.69, 9.17) is 9.47 Å². The Balaban J connectivity index is 1.94. The first kappa shape index (κ1) is 25.0. The Hall–Kier alpha value is -2.62. The number of benzene rings is 2. The standard InChI is InChI=1S/C24H33N3O5S/c1-16-7-6-8-20(11-16)33(29,30)26-19-9-10-22-21(12-19)24(28)27(4)14-23(31-5)17(2)13-25-18(3)15-32-22/h6-12,17-18,23,25-26H,13-15H2,1-5H3/t17-,18+,23+/m0/s1. The molecule has 1 amide bonds. The van der Waals surface area contributed by atoms with Gasteiger partial charge in [0.25, 0.3) is 15.9 Å². The van der Waals surface area contributed by atoms with Gasteiger partial charge < -0.3 is 19.7 Å². The van der Waals surface area contributed by atoms with Crippen LogP contribution < -0.4 is 14.8 Å². The molecule has 0 unspecified atom stereocenters. The Bertz CT molecular complexity index is 1090. The summed E-state index contributed by atoms with van der Waals surface area (Å²) in [6.45, 7) is 7.41. The van der Waals surface area contributed by atoms with Gasteiger partial charge in [-0.25, -0.2) is 8.42 Å². The Labute approximate surface area is 196 Å². The van der Waals surface area contributed by atoms with Crippen molar-refractivity contribution in [2.24, 2.45) is 5.92 Å². The number of anilines is 1. The maximum atomic E-state index is 13.3. The maximum absolute atomic E-state index is 13.3. The molecule has 0 saturated carbocycles. The average molecular weight is 476 g/mol. The van der Waals surface area contributed by atoms with Crippen molar-refractivity contribution in [3.05, 3.63) is 53.6 Å². The van der Waals surface area contributed by atoms with E-state index in [2.05, 4.69) is 17.0 Å². The molecule has 2 aromatic rings.